The van der Waals surface area contributed by atoms with Crippen LogP contribution in [-0.4, -0.2) is 12.3 Å². The maximum atomic E-state index is 11.8. The highest BCUT2D eigenvalue weighted by molar-refractivity contribution is 7.57. The number of hydrogen-bond donors (Lipinski definition) is 0. The van der Waals surface area contributed by atoms with Gasteiger partial charge in [0.2, 0.25) is 7.37 Å². The van der Waals surface area contributed by atoms with Crippen LogP contribution < -0.4 is 0 Å². The molecule has 0 saturated carbocycles. The molecule has 3 heteroatoms. The fraction of sp³-hybridized carbons (Fsp3) is 1.00. The van der Waals surface area contributed by atoms with Crippen LogP contribution in [0.3, 0.4) is 0 Å². The Kier molecular flexibility index (Phi) is 13.3. The lowest BCUT2D eigenvalue weighted by molar-refractivity contribution is 0.404. The van der Waals surface area contributed by atoms with Gasteiger partial charge in [0, 0.05) is 12.3 Å². The Morgan fingerprint density at radius 2 is 0.895 bits per heavy atom. The van der Waals surface area contributed by atoms with Crippen molar-refractivity contribution in [2.45, 2.75) is 90.9 Å². The molecule has 0 aromatic rings. The lowest BCUT2D eigenvalue weighted by atomic mass is 10.1. The highest BCUT2D eigenvalue weighted by Gasteiger charge is 2.18. The van der Waals surface area contributed by atoms with E-state index in [4.69, 9.17) is 0 Å². The van der Waals surface area contributed by atoms with Gasteiger partial charge in [0.1, 0.15) is 0 Å². The molecule has 0 fully saturated rings. The van der Waals surface area contributed by atoms with Gasteiger partial charge in [-0.3, -0.25) is 4.57 Å². The zero-order valence-corrected chi connectivity index (χ0v) is 14.1. The molecule has 0 unspecified atom stereocenters. The molecule has 0 atom stereocenters. The van der Waals surface area contributed by atoms with Gasteiger partial charge in [-0.1, -0.05) is 78.1 Å². The number of unbranched alkanes of at least 4 members (excludes halogenated alkanes) is 10. The minimum absolute atomic E-state index is 0.439. The van der Waals surface area contributed by atoms with Crippen LogP contribution >= 0.6 is 7.37 Å². The first-order valence-corrected chi connectivity index (χ1v) is 10.4. The zero-order valence-electron chi connectivity index (χ0n) is 13.2. The molecule has 0 aliphatic rings. The van der Waals surface area contributed by atoms with Crippen molar-refractivity contribution in [3.63, 3.8) is 0 Å². The second-order valence-electron chi connectivity index (χ2n) is 5.80. The third kappa shape index (κ3) is 14.4. The van der Waals surface area contributed by atoms with E-state index in [1.54, 1.807) is 0 Å². The van der Waals surface area contributed by atoms with Crippen LogP contribution in [0.4, 0.5) is 0 Å². The van der Waals surface area contributed by atoms with E-state index in [0.717, 1.165) is 25.7 Å². The molecular formula is C16H34O2P. The van der Waals surface area contributed by atoms with Crippen molar-refractivity contribution in [2.75, 3.05) is 12.3 Å². The molecule has 0 aliphatic heterocycles. The van der Waals surface area contributed by atoms with Crippen molar-refractivity contribution in [3.05, 3.63) is 0 Å². The number of rotatable bonds is 14. The predicted octanol–water partition coefficient (Wildman–Crippen LogP) is 6.42. The van der Waals surface area contributed by atoms with Crippen LogP contribution in [-0.2, 0) is 9.46 Å². The Hall–Kier alpha value is 0.190. The first kappa shape index (κ1) is 19.2. The molecule has 0 N–H and O–H groups in total. The summed E-state index contributed by atoms with van der Waals surface area (Å²) in [4.78, 5) is 11.8. The van der Waals surface area contributed by atoms with Gasteiger partial charge in [-0.15, -0.1) is 0 Å². The maximum Gasteiger partial charge on any atom is 0.236 e. The zero-order chi connectivity index (χ0) is 14.4. The molecule has 0 rings (SSSR count). The lowest BCUT2D eigenvalue weighted by Gasteiger charge is -2.09. The highest BCUT2D eigenvalue weighted by Crippen LogP contribution is 2.43. The second-order valence-corrected chi connectivity index (χ2v) is 8.32. The molecule has 0 aromatic heterocycles. The first-order chi connectivity index (χ1) is 9.12. The molecule has 2 nitrogen and oxygen atoms in total. The summed E-state index contributed by atoms with van der Waals surface area (Å²) in [5.41, 5.74) is 0. The maximum absolute atomic E-state index is 11.8. The third-order valence-electron chi connectivity index (χ3n) is 3.70. The van der Waals surface area contributed by atoms with E-state index in [0.29, 0.717) is 12.3 Å². The topological polar surface area (TPSA) is 37.0 Å². The molecule has 0 spiro atoms. The summed E-state index contributed by atoms with van der Waals surface area (Å²) in [6.07, 6.45) is 14.8. The molecule has 115 valence electrons. The van der Waals surface area contributed by atoms with Crippen molar-refractivity contribution >= 4 is 7.37 Å². The molecule has 0 aromatic carbocycles. The Bertz CT molecular complexity index is 209. The monoisotopic (exact) mass is 289 g/mol. The molecule has 19 heavy (non-hydrogen) atoms. The van der Waals surface area contributed by atoms with Crippen LogP contribution in [0.5, 0.6) is 0 Å². The molecule has 0 bridgehead atoms. The van der Waals surface area contributed by atoms with E-state index in [-0.39, 0.29) is 0 Å². The van der Waals surface area contributed by atoms with Crippen molar-refractivity contribution < 1.29 is 9.46 Å². The van der Waals surface area contributed by atoms with E-state index in [1.807, 2.05) is 0 Å². The first-order valence-electron chi connectivity index (χ1n) is 8.41. The van der Waals surface area contributed by atoms with Gasteiger partial charge >= 0.3 is 0 Å². The summed E-state index contributed by atoms with van der Waals surface area (Å²) in [5, 5.41) is 0. The number of hydrogen-bond acceptors (Lipinski definition) is 1. The molecule has 1 radical (unpaired) electrons. The van der Waals surface area contributed by atoms with Gasteiger partial charge in [0.15, 0.2) is 0 Å². The highest BCUT2D eigenvalue weighted by atomic mass is 31.2. The van der Waals surface area contributed by atoms with Crippen molar-refractivity contribution in [1.29, 1.82) is 0 Å². The largest absolute Gasteiger partial charge is 0.290 e. The second kappa shape index (κ2) is 13.2. The third-order valence-corrected chi connectivity index (χ3v) is 5.70. The lowest BCUT2D eigenvalue weighted by Crippen LogP contribution is -1.94. The van der Waals surface area contributed by atoms with Gasteiger partial charge in [-0.25, -0.2) is 0 Å². The van der Waals surface area contributed by atoms with Crippen LogP contribution in [0.15, 0.2) is 0 Å². The van der Waals surface area contributed by atoms with Gasteiger partial charge in [0.25, 0.3) is 0 Å². The van der Waals surface area contributed by atoms with Crippen molar-refractivity contribution in [3.8, 4) is 0 Å². The van der Waals surface area contributed by atoms with Crippen molar-refractivity contribution in [1.82, 2.24) is 0 Å². The van der Waals surface area contributed by atoms with Gasteiger partial charge in [0.05, 0.1) is 0 Å². The minimum Gasteiger partial charge on any atom is -0.290 e. The van der Waals surface area contributed by atoms with Crippen LogP contribution in [0, 0.1) is 0 Å². The van der Waals surface area contributed by atoms with Gasteiger partial charge in [-0.05, 0) is 12.8 Å². The molecule has 0 saturated heterocycles. The predicted molar refractivity (Wildman–Crippen MR) is 84.8 cm³/mol. The summed E-state index contributed by atoms with van der Waals surface area (Å²) < 4.78 is 11.8. The molecule has 0 amide bonds. The Balaban J connectivity index is 3.39. The molecular weight excluding hydrogens is 255 g/mol. The standard InChI is InChI=1S/C16H34O2P/c1-3-5-7-9-11-13-15-19(17,18)16-14-12-10-8-6-4-2/h3-16H2,1-2H3. The van der Waals surface area contributed by atoms with E-state index in [9.17, 15) is 9.46 Å². The fourth-order valence-electron chi connectivity index (χ4n) is 2.38. The van der Waals surface area contributed by atoms with E-state index < -0.39 is 7.37 Å². The Morgan fingerprint density at radius 3 is 1.26 bits per heavy atom. The summed E-state index contributed by atoms with van der Waals surface area (Å²) in [6, 6.07) is 0. The van der Waals surface area contributed by atoms with Crippen LogP contribution in [0.2, 0.25) is 0 Å². The Labute approximate surface area is 120 Å². The SMILES string of the molecule is CCCCCCCCP([O])(=O)CCCCCCCC. The van der Waals surface area contributed by atoms with Gasteiger partial charge in [-0.2, -0.15) is 4.89 Å². The van der Waals surface area contributed by atoms with Crippen molar-refractivity contribution in [2.24, 2.45) is 0 Å². The van der Waals surface area contributed by atoms with Crippen LogP contribution in [0.1, 0.15) is 90.9 Å². The average molecular weight is 289 g/mol. The van der Waals surface area contributed by atoms with E-state index in [1.165, 1.54) is 51.4 Å². The summed E-state index contributed by atoms with van der Waals surface area (Å²) in [7, 11) is -3.05. The molecule has 0 heterocycles. The summed E-state index contributed by atoms with van der Waals surface area (Å²) >= 11 is 0. The summed E-state index contributed by atoms with van der Waals surface area (Å²) in [5.74, 6) is 0. The Morgan fingerprint density at radius 1 is 0.579 bits per heavy atom. The quantitative estimate of drug-likeness (QED) is 0.268. The molecule has 0 aliphatic carbocycles. The van der Waals surface area contributed by atoms with E-state index in [2.05, 4.69) is 13.8 Å². The minimum atomic E-state index is -3.05. The van der Waals surface area contributed by atoms with Gasteiger partial charge < -0.3 is 0 Å². The average Bonchev–Trinajstić information content (AvgIpc) is 2.38. The normalized spacial score (nSPS) is 11.9. The van der Waals surface area contributed by atoms with E-state index >= 15 is 0 Å². The van der Waals surface area contributed by atoms with Crippen LogP contribution in [0.25, 0.3) is 0 Å². The summed E-state index contributed by atoms with van der Waals surface area (Å²) in [6.45, 7) is 4.40. The smallest absolute Gasteiger partial charge is 0.236 e. The fourth-order valence-corrected chi connectivity index (χ4v) is 4.01.